The molecule has 11 heteroatoms. The molecule has 0 aromatic rings. The summed E-state index contributed by atoms with van der Waals surface area (Å²) in [7, 11) is -4.63. The van der Waals surface area contributed by atoms with Crippen LogP contribution in [0.2, 0.25) is 0 Å². The molecule has 0 rings (SSSR count). The van der Waals surface area contributed by atoms with E-state index in [9.17, 15) is 29.3 Å². The summed E-state index contributed by atoms with van der Waals surface area (Å²) in [6.45, 7) is 2.20. The van der Waals surface area contributed by atoms with Crippen molar-refractivity contribution in [1.82, 2.24) is 0 Å². The molecular formula is C40H77O10P. The summed E-state index contributed by atoms with van der Waals surface area (Å²) in [5.74, 6) is -1.02. The van der Waals surface area contributed by atoms with Crippen LogP contribution in [0, 0.1) is 0 Å². The van der Waals surface area contributed by atoms with Crippen LogP contribution >= 0.6 is 7.82 Å². The zero-order chi connectivity index (χ0) is 37.7. The standard InChI is InChI=1S/C40H77O10P/c1-3-5-7-9-11-13-15-17-19-21-23-25-27-29-31-39(43)49-37(33-41)35-47-51(45,46)48-36-38(34-42)50-40(44)32-30-28-26-24-22-20-18-16-14-12-10-8-6-4-2/h15,17,37-38,41-42H,3-14,16,18-36H2,1-2H3,(H,45,46)/b17-15-. The number of phosphoric acid groups is 1. The fourth-order valence-corrected chi connectivity index (χ4v) is 6.54. The molecular weight excluding hydrogens is 671 g/mol. The summed E-state index contributed by atoms with van der Waals surface area (Å²) in [6.07, 6.45) is 33.2. The molecule has 0 radical (unpaired) electrons. The van der Waals surface area contributed by atoms with Gasteiger partial charge in [0.05, 0.1) is 26.4 Å². The van der Waals surface area contributed by atoms with Crippen LogP contribution in [-0.2, 0) is 32.7 Å². The molecule has 0 spiro atoms. The average Bonchev–Trinajstić information content (AvgIpc) is 3.12. The molecule has 3 N–H and O–H groups in total. The smallest absolute Gasteiger partial charge is 0.457 e. The Morgan fingerprint density at radius 1 is 0.510 bits per heavy atom. The number of ether oxygens (including phenoxy) is 2. The summed E-state index contributed by atoms with van der Waals surface area (Å²) in [6, 6.07) is 0. The Labute approximate surface area is 311 Å². The molecule has 51 heavy (non-hydrogen) atoms. The lowest BCUT2D eigenvalue weighted by atomic mass is 10.0. The van der Waals surface area contributed by atoms with Crippen molar-refractivity contribution in [2.24, 2.45) is 0 Å². The minimum atomic E-state index is -4.63. The highest BCUT2D eigenvalue weighted by molar-refractivity contribution is 7.47. The highest BCUT2D eigenvalue weighted by Crippen LogP contribution is 2.43. The molecule has 302 valence electrons. The van der Waals surface area contributed by atoms with E-state index in [1.165, 1.54) is 96.3 Å². The number of aliphatic hydroxyl groups is 2. The quantitative estimate of drug-likeness (QED) is 0.0240. The SMILES string of the molecule is CCCCCCC/C=C\CCCCCCCC(=O)OC(CO)COP(=O)(O)OCC(CO)OC(=O)CCCCCCCCCCCCCCCC. The monoisotopic (exact) mass is 749 g/mol. The topological polar surface area (TPSA) is 149 Å². The lowest BCUT2D eigenvalue weighted by Gasteiger charge is -2.20. The van der Waals surface area contributed by atoms with Gasteiger partial charge in [-0.05, 0) is 38.5 Å². The van der Waals surface area contributed by atoms with Crippen LogP contribution in [0.15, 0.2) is 12.2 Å². The number of aliphatic hydroxyl groups excluding tert-OH is 2. The molecule has 0 aliphatic heterocycles. The van der Waals surface area contributed by atoms with Crippen molar-refractivity contribution >= 4 is 19.8 Å². The fourth-order valence-electron chi connectivity index (χ4n) is 5.76. The molecule has 0 amide bonds. The van der Waals surface area contributed by atoms with Gasteiger partial charge in [0.2, 0.25) is 0 Å². The highest BCUT2D eigenvalue weighted by Gasteiger charge is 2.27. The van der Waals surface area contributed by atoms with E-state index in [4.69, 9.17) is 18.5 Å². The largest absolute Gasteiger partial charge is 0.472 e. The normalized spacial score (nSPS) is 14.1. The second kappa shape index (κ2) is 37.0. The Morgan fingerprint density at radius 3 is 1.12 bits per heavy atom. The third kappa shape index (κ3) is 35.5. The van der Waals surface area contributed by atoms with E-state index in [2.05, 4.69) is 26.0 Å². The van der Waals surface area contributed by atoms with Gasteiger partial charge in [0.1, 0.15) is 12.2 Å². The lowest BCUT2D eigenvalue weighted by molar-refractivity contribution is -0.153. The molecule has 0 aromatic carbocycles. The summed E-state index contributed by atoms with van der Waals surface area (Å²) < 4.78 is 32.5. The van der Waals surface area contributed by atoms with Crippen LogP contribution in [0.4, 0.5) is 0 Å². The van der Waals surface area contributed by atoms with E-state index < -0.39 is 58.4 Å². The minimum Gasteiger partial charge on any atom is -0.457 e. The number of unbranched alkanes of at least 4 members (excludes halogenated alkanes) is 23. The van der Waals surface area contributed by atoms with E-state index in [-0.39, 0.29) is 12.8 Å². The Hall–Kier alpha value is -1.29. The van der Waals surface area contributed by atoms with Crippen molar-refractivity contribution in [2.75, 3.05) is 26.4 Å². The second-order valence-electron chi connectivity index (χ2n) is 14.0. The number of rotatable bonds is 39. The average molecular weight is 749 g/mol. The van der Waals surface area contributed by atoms with Gasteiger partial charge in [0.25, 0.3) is 0 Å². The van der Waals surface area contributed by atoms with Gasteiger partial charge in [-0.25, -0.2) is 4.57 Å². The number of hydrogen-bond donors (Lipinski definition) is 3. The van der Waals surface area contributed by atoms with Crippen molar-refractivity contribution in [3.8, 4) is 0 Å². The third-order valence-electron chi connectivity index (χ3n) is 8.98. The van der Waals surface area contributed by atoms with Crippen LogP contribution in [0.3, 0.4) is 0 Å². The van der Waals surface area contributed by atoms with E-state index in [0.29, 0.717) is 12.8 Å². The molecule has 3 unspecified atom stereocenters. The first-order valence-electron chi connectivity index (χ1n) is 20.6. The summed E-state index contributed by atoms with van der Waals surface area (Å²) in [5, 5.41) is 19.1. The van der Waals surface area contributed by atoms with Gasteiger partial charge in [-0.2, -0.15) is 0 Å². The predicted molar refractivity (Wildman–Crippen MR) is 205 cm³/mol. The molecule has 3 atom stereocenters. The zero-order valence-electron chi connectivity index (χ0n) is 32.6. The van der Waals surface area contributed by atoms with Gasteiger partial charge < -0.3 is 24.6 Å². The van der Waals surface area contributed by atoms with Crippen LogP contribution in [0.5, 0.6) is 0 Å². The lowest BCUT2D eigenvalue weighted by Crippen LogP contribution is -2.28. The van der Waals surface area contributed by atoms with Crippen LogP contribution in [0.1, 0.15) is 194 Å². The molecule has 0 aliphatic carbocycles. The van der Waals surface area contributed by atoms with Crippen molar-refractivity contribution in [3.63, 3.8) is 0 Å². The van der Waals surface area contributed by atoms with Crippen molar-refractivity contribution in [2.45, 2.75) is 206 Å². The van der Waals surface area contributed by atoms with Gasteiger partial charge in [-0.1, -0.05) is 154 Å². The molecule has 0 saturated carbocycles. The summed E-state index contributed by atoms with van der Waals surface area (Å²) >= 11 is 0. The summed E-state index contributed by atoms with van der Waals surface area (Å²) in [4.78, 5) is 34.4. The molecule has 0 heterocycles. The predicted octanol–water partition coefficient (Wildman–Crippen LogP) is 10.4. The maximum atomic E-state index is 12.3. The van der Waals surface area contributed by atoms with E-state index in [1.54, 1.807) is 0 Å². The van der Waals surface area contributed by atoms with Gasteiger partial charge >= 0.3 is 19.8 Å². The Kier molecular flexibility index (Phi) is 36.1. The number of carbonyl (C=O) groups excluding carboxylic acids is 2. The Morgan fingerprint density at radius 2 is 0.804 bits per heavy atom. The van der Waals surface area contributed by atoms with Gasteiger partial charge in [0, 0.05) is 12.8 Å². The molecule has 0 aromatic heterocycles. The number of phosphoric ester groups is 1. The minimum absolute atomic E-state index is 0.185. The first-order valence-corrected chi connectivity index (χ1v) is 22.1. The van der Waals surface area contributed by atoms with Crippen molar-refractivity contribution in [3.05, 3.63) is 12.2 Å². The molecule has 10 nitrogen and oxygen atoms in total. The second-order valence-corrected chi connectivity index (χ2v) is 15.4. The van der Waals surface area contributed by atoms with Crippen LogP contribution in [0.25, 0.3) is 0 Å². The molecule has 0 fully saturated rings. The van der Waals surface area contributed by atoms with Gasteiger partial charge in [-0.15, -0.1) is 0 Å². The van der Waals surface area contributed by atoms with Gasteiger partial charge in [0.15, 0.2) is 0 Å². The first kappa shape index (κ1) is 49.7. The molecule has 0 bridgehead atoms. The maximum Gasteiger partial charge on any atom is 0.472 e. The first-order chi connectivity index (χ1) is 24.8. The molecule has 0 aliphatic rings. The van der Waals surface area contributed by atoms with E-state index in [0.717, 1.165) is 57.8 Å². The van der Waals surface area contributed by atoms with E-state index >= 15 is 0 Å². The number of hydrogen-bond acceptors (Lipinski definition) is 9. The Bertz CT molecular complexity index is 868. The number of esters is 2. The van der Waals surface area contributed by atoms with Gasteiger partial charge in [-0.3, -0.25) is 18.6 Å². The van der Waals surface area contributed by atoms with Crippen LogP contribution < -0.4 is 0 Å². The third-order valence-corrected chi connectivity index (χ3v) is 9.93. The maximum absolute atomic E-state index is 12.3. The Balaban J connectivity index is 3.94. The van der Waals surface area contributed by atoms with Crippen LogP contribution in [-0.4, -0.2) is 65.7 Å². The fraction of sp³-hybridized carbons (Fsp3) is 0.900. The number of carbonyl (C=O) groups is 2. The van der Waals surface area contributed by atoms with E-state index in [1.807, 2.05) is 0 Å². The molecule has 0 saturated heterocycles. The van der Waals surface area contributed by atoms with Crippen molar-refractivity contribution in [1.29, 1.82) is 0 Å². The number of allylic oxidation sites excluding steroid dienone is 2. The summed E-state index contributed by atoms with van der Waals surface area (Å²) in [5.41, 5.74) is 0. The van der Waals surface area contributed by atoms with Crippen molar-refractivity contribution < 1.29 is 47.8 Å². The highest BCUT2D eigenvalue weighted by atomic mass is 31.2. The zero-order valence-corrected chi connectivity index (χ0v) is 33.5.